The maximum absolute atomic E-state index is 5.97. The predicted molar refractivity (Wildman–Crippen MR) is 75.8 cm³/mol. The molecule has 102 valence electrons. The summed E-state index contributed by atoms with van der Waals surface area (Å²) >= 11 is 5.97. The molecule has 1 N–H and O–H groups in total. The molecule has 2 unspecified atom stereocenters. The van der Waals surface area contributed by atoms with E-state index in [0.717, 1.165) is 24.5 Å². The van der Waals surface area contributed by atoms with Crippen molar-refractivity contribution in [2.45, 2.75) is 38.2 Å². The van der Waals surface area contributed by atoms with Crippen LogP contribution in [0, 0.1) is 0 Å². The number of nitrogens with one attached hydrogen (secondary N) is 1. The van der Waals surface area contributed by atoms with E-state index in [2.05, 4.69) is 12.2 Å². The first-order chi connectivity index (χ1) is 8.56. The number of hydrogen-bond donors (Lipinski definition) is 1. The van der Waals surface area contributed by atoms with E-state index in [4.69, 9.17) is 21.1 Å². The minimum atomic E-state index is 0.193. The Morgan fingerprint density at radius 1 is 1.17 bits per heavy atom. The third-order valence-electron chi connectivity index (χ3n) is 2.78. The van der Waals surface area contributed by atoms with Crippen molar-refractivity contribution in [2.75, 3.05) is 14.2 Å². The van der Waals surface area contributed by atoms with E-state index in [1.807, 2.05) is 25.1 Å². The molecule has 0 radical (unpaired) electrons. The number of ether oxygens (including phenoxy) is 2. The van der Waals surface area contributed by atoms with Crippen LogP contribution in [-0.4, -0.2) is 25.6 Å². The molecule has 1 rings (SSSR count). The summed E-state index contributed by atoms with van der Waals surface area (Å²) in [6.45, 7) is 4.95. The standard InChI is InChI=1S/C14H22ClNO2/c1-10(15)7-11(2)16-9-12-5-6-13(17-3)14(8-12)18-4/h5-6,8,10-11,16H,7,9H2,1-4H3. The van der Waals surface area contributed by atoms with Crippen molar-refractivity contribution in [1.82, 2.24) is 5.32 Å². The lowest BCUT2D eigenvalue weighted by molar-refractivity contribution is 0.354. The molecule has 2 atom stereocenters. The fourth-order valence-electron chi connectivity index (χ4n) is 1.85. The maximum atomic E-state index is 5.97. The monoisotopic (exact) mass is 271 g/mol. The van der Waals surface area contributed by atoms with Gasteiger partial charge in [-0.1, -0.05) is 6.07 Å². The number of hydrogen-bond acceptors (Lipinski definition) is 3. The highest BCUT2D eigenvalue weighted by Gasteiger charge is 2.07. The average Bonchev–Trinajstić information content (AvgIpc) is 2.35. The number of methoxy groups -OCH3 is 2. The lowest BCUT2D eigenvalue weighted by atomic mass is 10.1. The zero-order valence-corrected chi connectivity index (χ0v) is 12.3. The second-order valence-corrected chi connectivity index (χ2v) is 5.23. The smallest absolute Gasteiger partial charge is 0.161 e. The molecule has 0 aliphatic rings. The van der Waals surface area contributed by atoms with Gasteiger partial charge in [0, 0.05) is 18.0 Å². The molecule has 0 amide bonds. The lowest BCUT2D eigenvalue weighted by Crippen LogP contribution is -2.27. The normalized spacial score (nSPS) is 14.1. The summed E-state index contributed by atoms with van der Waals surface area (Å²) in [5.74, 6) is 1.51. The molecular weight excluding hydrogens is 250 g/mol. The molecule has 3 nitrogen and oxygen atoms in total. The van der Waals surface area contributed by atoms with Crippen LogP contribution in [0.25, 0.3) is 0 Å². The zero-order valence-electron chi connectivity index (χ0n) is 11.5. The number of halogens is 1. The van der Waals surface area contributed by atoms with Crippen molar-refractivity contribution in [2.24, 2.45) is 0 Å². The fraction of sp³-hybridized carbons (Fsp3) is 0.571. The minimum Gasteiger partial charge on any atom is -0.493 e. The summed E-state index contributed by atoms with van der Waals surface area (Å²) in [7, 11) is 3.28. The molecule has 0 aromatic heterocycles. The van der Waals surface area contributed by atoms with Gasteiger partial charge in [0.1, 0.15) is 0 Å². The van der Waals surface area contributed by atoms with E-state index in [9.17, 15) is 0 Å². The highest BCUT2D eigenvalue weighted by Crippen LogP contribution is 2.27. The number of benzene rings is 1. The summed E-state index contributed by atoms with van der Waals surface area (Å²) in [6.07, 6.45) is 0.953. The van der Waals surface area contributed by atoms with Gasteiger partial charge in [-0.15, -0.1) is 11.6 Å². The molecule has 0 heterocycles. The van der Waals surface area contributed by atoms with Crippen molar-refractivity contribution in [1.29, 1.82) is 0 Å². The molecule has 0 aliphatic heterocycles. The van der Waals surface area contributed by atoms with Gasteiger partial charge in [-0.25, -0.2) is 0 Å². The summed E-state index contributed by atoms with van der Waals surface area (Å²) in [5.41, 5.74) is 1.17. The molecule has 0 saturated heterocycles. The summed E-state index contributed by atoms with van der Waals surface area (Å²) < 4.78 is 10.5. The van der Waals surface area contributed by atoms with E-state index in [0.29, 0.717) is 6.04 Å². The molecule has 0 bridgehead atoms. The predicted octanol–water partition coefficient (Wildman–Crippen LogP) is 3.20. The summed E-state index contributed by atoms with van der Waals surface area (Å²) in [6, 6.07) is 6.34. The summed E-state index contributed by atoms with van der Waals surface area (Å²) in [4.78, 5) is 0. The first-order valence-electron chi connectivity index (χ1n) is 6.15. The van der Waals surface area contributed by atoms with Crippen molar-refractivity contribution in [3.05, 3.63) is 23.8 Å². The zero-order chi connectivity index (χ0) is 13.5. The lowest BCUT2D eigenvalue weighted by Gasteiger charge is -2.16. The molecule has 1 aromatic carbocycles. The third-order valence-corrected chi connectivity index (χ3v) is 2.96. The molecule has 0 spiro atoms. The van der Waals surface area contributed by atoms with Crippen molar-refractivity contribution in [3.8, 4) is 11.5 Å². The van der Waals surface area contributed by atoms with Crippen LogP contribution in [0.1, 0.15) is 25.8 Å². The van der Waals surface area contributed by atoms with Gasteiger partial charge in [-0.2, -0.15) is 0 Å². The van der Waals surface area contributed by atoms with Gasteiger partial charge in [-0.3, -0.25) is 0 Å². The second-order valence-electron chi connectivity index (χ2n) is 4.49. The molecule has 0 fully saturated rings. The molecular formula is C14H22ClNO2. The Labute approximate surface area is 114 Å². The van der Waals surface area contributed by atoms with Crippen LogP contribution < -0.4 is 14.8 Å². The topological polar surface area (TPSA) is 30.5 Å². The Morgan fingerprint density at radius 2 is 1.83 bits per heavy atom. The van der Waals surface area contributed by atoms with Crippen molar-refractivity contribution < 1.29 is 9.47 Å². The van der Waals surface area contributed by atoms with Crippen molar-refractivity contribution in [3.63, 3.8) is 0 Å². The third kappa shape index (κ3) is 4.75. The van der Waals surface area contributed by atoms with Crippen LogP contribution in [-0.2, 0) is 6.54 Å². The van der Waals surface area contributed by atoms with Crippen LogP contribution in [0.15, 0.2) is 18.2 Å². The highest BCUT2D eigenvalue weighted by molar-refractivity contribution is 6.20. The minimum absolute atomic E-state index is 0.193. The quantitative estimate of drug-likeness (QED) is 0.773. The van der Waals surface area contributed by atoms with Crippen LogP contribution in [0.5, 0.6) is 11.5 Å². The van der Waals surface area contributed by atoms with E-state index >= 15 is 0 Å². The number of rotatable bonds is 7. The van der Waals surface area contributed by atoms with E-state index in [1.165, 1.54) is 5.56 Å². The summed E-state index contributed by atoms with van der Waals surface area (Å²) in [5, 5.41) is 3.63. The van der Waals surface area contributed by atoms with Gasteiger partial charge >= 0.3 is 0 Å². The molecule has 0 aliphatic carbocycles. The van der Waals surface area contributed by atoms with Crippen LogP contribution >= 0.6 is 11.6 Å². The van der Waals surface area contributed by atoms with Gasteiger partial charge in [0.05, 0.1) is 14.2 Å². The largest absolute Gasteiger partial charge is 0.493 e. The van der Waals surface area contributed by atoms with E-state index in [-0.39, 0.29) is 5.38 Å². The van der Waals surface area contributed by atoms with Crippen LogP contribution in [0.3, 0.4) is 0 Å². The second kappa shape index (κ2) is 7.49. The Morgan fingerprint density at radius 3 is 2.39 bits per heavy atom. The first kappa shape index (κ1) is 15.1. The Balaban J connectivity index is 2.57. The van der Waals surface area contributed by atoms with Gasteiger partial charge in [0.25, 0.3) is 0 Å². The van der Waals surface area contributed by atoms with Gasteiger partial charge in [0.15, 0.2) is 11.5 Å². The van der Waals surface area contributed by atoms with Gasteiger partial charge in [0.2, 0.25) is 0 Å². The highest BCUT2D eigenvalue weighted by atomic mass is 35.5. The molecule has 18 heavy (non-hydrogen) atoms. The Kier molecular flexibility index (Phi) is 6.30. The van der Waals surface area contributed by atoms with E-state index in [1.54, 1.807) is 14.2 Å². The van der Waals surface area contributed by atoms with E-state index < -0.39 is 0 Å². The Hall–Kier alpha value is -0.930. The van der Waals surface area contributed by atoms with Gasteiger partial charge < -0.3 is 14.8 Å². The molecule has 1 aromatic rings. The molecule has 0 saturated carbocycles. The Bertz CT molecular complexity index is 369. The maximum Gasteiger partial charge on any atom is 0.161 e. The first-order valence-corrected chi connectivity index (χ1v) is 6.58. The fourth-order valence-corrected chi connectivity index (χ4v) is 2.12. The SMILES string of the molecule is COc1ccc(CNC(C)CC(C)Cl)cc1OC. The average molecular weight is 272 g/mol. The van der Waals surface area contributed by atoms with Crippen LogP contribution in [0.4, 0.5) is 0 Å². The van der Waals surface area contributed by atoms with Crippen LogP contribution in [0.2, 0.25) is 0 Å². The number of alkyl halides is 1. The van der Waals surface area contributed by atoms with Crippen molar-refractivity contribution >= 4 is 11.6 Å². The van der Waals surface area contributed by atoms with Gasteiger partial charge in [-0.05, 0) is 38.0 Å². The molecule has 4 heteroatoms.